The van der Waals surface area contributed by atoms with Crippen molar-refractivity contribution in [2.75, 3.05) is 39.1 Å². The van der Waals surface area contributed by atoms with Crippen molar-refractivity contribution < 1.29 is 13.2 Å². The summed E-state index contributed by atoms with van der Waals surface area (Å²) in [4.78, 5) is 0. The molecule has 5 nitrogen and oxygen atoms in total. The summed E-state index contributed by atoms with van der Waals surface area (Å²) in [5, 5.41) is 3.12. The van der Waals surface area contributed by atoms with Gasteiger partial charge in [-0.25, -0.2) is 13.1 Å². The predicted octanol–water partition coefficient (Wildman–Crippen LogP) is 0.722. The Morgan fingerprint density at radius 1 is 1.33 bits per heavy atom. The van der Waals surface area contributed by atoms with E-state index in [0.717, 1.165) is 32.4 Å². The Morgan fingerprint density at radius 3 is 2.61 bits per heavy atom. The van der Waals surface area contributed by atoms with Crippen molar-refractivity contribution in [3.05, 3.63) is 0 Å². The second kappa shape index (κ2) is 7.43. The van der Waals surface area contributed by atoms with Gasteiger partial charge in [0.15, 0.2) is 0 Å². The van der Waals surface area contributed by atoms with Crippen LogP contribution in [-0.2, 0) is 14.8 Å². The largest absolute Gasteiger partial charge is 0.385 e. The molecule has 108 valence electrons. The molecule has 18 heavy (non-hydrogen) atoms. The lowest BCUT2D eigenvalue weighted by Crippen LogP contribution is -2.33. The molecule has 0 heterocycles. The van der Waals surface area contributed by atoms with E-state index in [1.165, 1.54) is 0 Å². The van der Waals surface area contributed by atoms with Crippen molar-refractivity contribution in [2.24, 2.45) is 5.41 Å². The maximum Gasteiger partial charge on any atom is 0.211 e. The van der Waals surface area contributed by atoms with Gasteiger partial charge in [0.05, 0.1) is 5.75 Å². The highest BCUT2D eigenvalue weighted by Gasteiger charge is 2.42. The fourth-order valence-electron chi connectivity index (χ4n) is 1.91. The molecule has 6 heteroatoms. The molecule has 0 radical (unpaired) electrons. The van der Waals surface area contributed by atoms with E-state index in [1.54, 1.807) is 7.11 Å². The van der Waals surface area contributed by atoms with Gasteiger partial charge in [-0.1, -0.05) is 6.92 Å². The van der Waals surface area contributed by atoms with Crippen molar-refractivity contribution in [3.8, 4) is 0 Å². The van der Waals surface area contributed by atoms with Crippen molar-refractivity contribution in [1.82, 2.24) is 10.0 Å². The number of ether oxygens (including phenoxy) is 1. The zero-order valence-corrected chi connectivity index (χ0v) is 12.3. The molecule has 0 unspecified atom stereocenters. The summed E-state index contributed by atoms with van der Waals surface area (Å²) in [6.45, 7) is 4.93. The molecular weight excluding hydrogens is 252 g/mol. The molecule has 0 aromatic carbocycles. The lowest BCUT2D eigenvalue weighted by atomic mass is 10.0. The van der Waals surface area contributed by atoms with Gasteiger partial charge in [-0.2, -0.15) is 0 Å². The van der Waals surface area contributed by atoms with Crippen LogP contribution in [0.3, 0.4) is 0 Å². The normalized spacial score (nSPS) is 17.9. The highest BCUT2D eigenvalue weighted by molar-refractivity contribution is 7.89. The zero-order chi connectivity index (χ0) is 13.5. The highest BCUT2D eigenvalue weighted by atomic mass is 32.2. The first-order chi connectivity index (χ1) is 8.54. The van der Waals surface area contributed by atoms with E-state index >= 15 is 0 Å². The van der Waals surface area contributed by atoms with E-state index in [2.05, 4.69) is 10.0 Å². The number of rotatable bonds is 11. The van der Waals surface area contributed by atoms with Crippen molar-refractivity contribution in [3.63, 3.8) is 0 Å². The molecule has 1 fully saturated rings. The van der Waals surface area contributed by atoms with Crippen LogP contribution >= 0.6 is 0 Å². The minimum atomic E-state index is -3.11. The SMILES string of the molecule is CCNCCCS(=O)(=O)NCC1(CCOC)CC1. The summed E-state index contributed by atoms with van der Waals surface area (Å²) in [7, 11) is -1.43. The Bertz CT molecular complexity index is 326. The summed E-state index contributed by atoms with van der Waals surface area (Å²) in [6.07, 6.45) is 3.82. The predicted molar refractivity (Wildman–Crippen MR) is 73.1 cm³/mol. The van der Waals surface area contributed by atoms with Crippen LogP contribution in [0, 0.1) is 5.41 Å². The van der Waals surface area contributed by atoms with Crippen LogP contribution in [0.2, 0.25) is 0 Å². The standard InChI is InChI=1S/C12H26N2O3S/c1-3-13-8-4-10-18(15,16)14-11-12(5-6-12)7-9-17-2/h13-14H,3-11H2,1-2H3. The van der Waals surface area contributed by atoms with E-state index in [1.807, 2.05) is 6.92 Å². The second-order valence-corrected chi connectivity index (χ2v) is 7.02. The smallest absolute Gasteiger partial charge is 0.211 e. The first kappa shape index (κ1) is 15.9. The van der Waals surface area contributed by atoms with E-state index in [9.17, 15) is 8.42 Å². The van der Waals surface area contributed by atoms with E-state index in [-0.39, 0.29) is 11.2 Å². The van der Waals surface area contributed by atoms with Crippen LogP contribution in [0.15, 0.2) is 0 Å². The van der Waals surface area contributed by atoms with E-state index in [0.29, 0.717) is 19.6 Å². The summed E-state index contributed by atoms with van der Waals surface area (Å²) in [5.41, 5.74) is 0.171. The van der Waals surface area contributed by atoms with Crippen molar-refractivity contribution >= 4 is 10.0 Å². The number of methoxy groups -OCH3 is 1. The topological polar surface area (TPSA) is 67.4 Å². The third kappa shape index (κ3) is 6.13. The fraction of sp³-hybridized carbons (Fsp3) is 1.00. The molecule has 1 aliphatic rings. The number of nitrogens with one attached hydrogen (secondary N) is 2. The Balaban J connectivity index is 2.20. The van der Waals surface area contributed by atoms with Crippen molar-refractivity contribution in [1.29, 1.82) is 0 Å². The Morgan fingerprint density at radius 2 is 2.06 bits per heavy atom. The second-order valence-electron chi connectivity index (χ2n) is 5.09. The molecule has 0 aromatic heterocycles. The minimum absolute atomic E-state index is 0.171. The quantitative estimate of drug-likeness (QED) is 0.547. The van der Waals surface area contributed by atoms with Gasteiger partial charge in [0.25, 0.3) is 0 Å². The van der Waals surface area contributed by atoms with Crippen LogP contribution in [0.5, 0.6) is 0 Å². The summed E-state index contributed by atoms with van der Waals surface area (Å²) in [5.74, 6) is 0.209. The Hall–Kier alpha value is -0.170. The van der Waals surface area contributed by atoms with Gasteiger partial charge >= 0.3 is 0 Å². The monoisotopic (exact) mass is 278 g/mol. The number of hydrogen-bond donors (Lipinski definition) is 2. The van der Waals surface area contributed by atoms with Gasteiger partial charge in [-0.3, -0.25) is 0 Å². The molecule has 0 atom stereocenters. The average molecular weight is 278 g/mol. The molecule has 2 N–H and O–H groups in total. The molecule has 0 aromatic rings. The fourth-order valence-corrected chi connectivity index (χ4v) is 3.10. The van der Waals surface area contributed by atoms with Crippen LogP contribution < -0.4 is 10.0 Å². The highest BCUT2D eigenvalue weighted by Crippen LogP contribution is 2.48. The third-order valence-electron chi connectivity index (χ3n) is 3.48. The number of sulfonamides is 1. The van der Waals surface area contributed by atoms with Gasteiger partial charge in [-0.05, 0) is 44.2 Å². The average Bonchev–Trinajstić information content (AvgIpc) is 3.11. The lowest BCUT2D eigenvalue weighted by Gasteiger charge is -2.15. The zero-order valence-electron chi connectivity index (χ0n) is 11.5. The molecule has 0 bridgehead atoms. The third-order valence-corrected chi connectivity index (χ3v) is 4.89. The Kier molecular flexibility index (Phi) is 6.55. The molecular formula is C12H26N2O3S. The Labute approximate surface area is 111 Å². The lowest BCUT2D eigenvalue weighted by molar-refractivity contribution is 0.173. The number of hydrogen-bond acceptors (Lipinski definition) is 4. The van der Waals surface area contributed by atoms with Gasteiger partial charge < -0.3 is 10.1 Å². The first-order valence-electron chi connectivity index (χ1n) is 6.71. The van der Waals surface area contributed by atoms with Gasteiger partial charge in [0.1, 0.15) is 0 Å². The molecule has 1 rings (SSSR count). The molecule has 0 aliphatic heterocycles. The van der Waals surface area contributed by atoms with E-state index < -0.39 is 10.0 Å². The van der Waals surface area contributed by atoms with Crippen LogP contribution in [0.4, 0.5) is 0 Å². The van der Waals surface area contributed by atoms with Crippen LogP contribution in [0.25, 0.3) is 0 Å². The maximum absolute atomic E-state index is 11.8. The van der Waals surface area contributed by atoms with Gasteiger partial charge in [-0.15, -0.1) is 0 Å². The van der Waals surface area contributed by atoms with Crippen LogP contribution in [-0.4, -0.2) is 47.5 Å². The summed E-state index contributed by atoms with van der Waals surface area (Å²) < 4.78 is 31.3. The van der Waals surface area contributed by atoms with E-state index in [4.69, 9.17) is 4.74 Å². The molecule has 1 aliphatic carbocycles. The van der Waals surface area contributed by atoms with Crippen LogP contribution in [0.1, 0.15) is 32.6 Å². The van der Waals surface area contributed by atoms with Crippen molar-refractivity contribution in [2.45, 2.75) is 32.6 Å². The van der Waals surface area contributed by atoms with Gasteiger partial charge in [0.2, 0.25) is 10.0 Å². The molecule has 0 saturated heterocycles. The maximum atomic E-state index is 11.8. The first-order valence-corrected chi connectivity index (χ1v) is 8.36. The minimum Gasteiger partial charge on any atom is -0.385 e. The molecule has 0 spiro atoms. The summed E-state index contributed by atoms with van der Waals surface area (Å²) >= 11 is 0. The summed E-state index contributed by atoms with van der Waals surface area (Å²) in [6, 6.07) is 0. The molecule has 0 amide bonds. The molecule has 1 saturated carbocycles. The van der Waals surface area contributed by atoms with Gasteiger partial charge in [0, 0.05) is 20.3 Å².